The Hall–Kier alpha value is -4.28. The smallest absolute Gasteiger partial charge is 0.254 e. The van der Waals surface area contributed by atoms with Crippen LogP contribution in [0, 0.1) is 6.92 Å². The van der Waals surface area contributed by atoms with Crippen molar-refractivity contribution in [3.63, 3.8) is 0 Å². The van der Waals surface area contributed by atoms with Gasteiger partial charge in [0.15, 0.2) is 0 Å². The van der Waals surface area contributed by atoms with Crippen LogP contribution < -0.4 is 26.2 Å². The van der Waals surface area contributed by atoms with Crippen LogP contribution in [0.4, 0.5) is 33.4 Å². The van der Waals surface area contributed by atoms with Gasteiger partial charge >= 0.3 is 0 Å². The van der Waals surface area contributed by atoms with Crippen LogP contribution >= 0.6 is 11.3 Å². The van der Waals surface area contributed by atoms with E-state index in [0.717, 1.165) is 0 Å². The van der Waals surface area contributed by atoms with Crippen LogP contribution in [0.2, 0.25) is 0 Å². The Balaban J connectivity index is 1.30. The van der Waals surface area contributed by atoms with Crippen molar-refractivity contribution in [2.24, 2.45) is 0 Å². The van der Waals surface area contributed by atoms with E-state index in [2.05, 4.69) is 225 Å². The summed E-state index contributed by atoms with van der Waals surface area (Å²) in [6, 6.07) is 31.0. The van der Waals surface area contributed by atoms with E-state index in [1.165, 1.54) is 137 Å². The second-order valence-electron chi connectivity index (χ2n) is 28.7. The summed E-state index contributed by atoms with van der Waals surface area (Å²) in [5, 5.41) is 2.83. The van der Waals surface area contributed by atoms with Crippen LogP contribution in [0.15, 0.2) is 72.8 Å². The van der Waals surface area contributed by atoms with Crippen LogP contribution in [-0.4, -0.2) is 6.71 Å². The standard InChI is InChI=1S/C65H81BN2S/c1-38-30-44-47(64(16,17)28-26-61(44,10)11)36-51(38)68-50-23-20-39(58(2,3)4)31-49(50)66-55-42-35-46-48(65(18,19)29-27-63(46,14)15)37-54(42)69-57(55)67(52-32-40(59(5,6)7)33-53(68)56(52)66)41-21-22-43-45(34-41)62(12,13)25-24-60(43,8)9/h20-23,30-37H,24-29H2,1-19H3. The van der Waals surface area contributed by atoms with E-state index < -0.39 is 0 Å². The molecule has 0 saturated carbocycles. The maximum atomic E-state index is 2.76. The minimum atomic E-state index is -0.0931. The first-order valence-electron chi connectivity index (χ1n) is 26.7. The lowest BCUT2D eigenvalue weighted by Gasteiger charge is -2.47. The van der Waals surface area contributed by atoms with Crippen molar-refractivity contribution in [2.45, 2.75) is 213 Å². The molecule has 5 aliphatic rings. The molecule has 0 N–H and O–H groups in total. The third-order valence-corrected chi connectivity index (χ3v) is 20.0. The Morgan fingerprint density at radius 3 is 1.46 bits per heavy atom. The third kappa shape index (κ3) is 6.96. The molecule has 0 fully saturated rings. The van der Waals surface area contributed by atoms with Gasteiger partial charge in [-0.15, -0.1) is 11.3 Å². The highest BCUT2D eigenvalue weighted by atomic mass is 32.1. The van der Waals surface area contributed by atoms with E-state index in [4.69, 9.17) is 0 Å². The van der Waals surface area contributed by atoms with Crippen molar-refractivity contribution < 1.29 is 0 Å². The van der Waals surface area contributed by atoms with Crippen molar-refractivity contribution in [3.8, 4) is 0 Å². The highest BCUT2D eigenvalue weighted by Gasteiger charge is 2.49. The summed E-state index contributed by atoms with van der Waals surface area (Å²) >= 11 is 2.05. The average Bonchev–Trinajstić information content (AvgIpc) is 3.62. The molecule has 0 radical (unpaired) electrons. The van der Waals surface area contributed by atoms with Gasteiger partial charge in [0, 0.05) is 33.1 Å². The molecule has 6 aromatic rings. The van der Waals surface area contributed by atoms with Crippen molar-refractivity contribution in [1.82, 2.24) is 0 Å². The Morgan fingerprint density at radius 2 is 0.913 bits per heavy atom. The lowest BCUT2D eigenvalue weighted by molar-refractivity contribution is 0.332. The predicted molar refractivity (Wildman–Crippen MR) is 304 cm³/mol. The summed E-state index contributed by atoms with van der Waals surface area (Å²) in [5.74, 6) is 0. The molecule has 1 aromatic heterocycles. The Kier molecular flexibility index (Phi) is 9.86. The molecular weight excluding hydrogens is 852 g/mol. The predicted octanol–water partition coefficient (Wildman–Crippen LogP) is 16.9. The molecule has 0 spiro atoms. The topological polar surface area (TPSA) is 6.48 Å². The van der Waals surface area contributed by atoms with Crippen LogP contribution in [0.3, 0.4) is 0 Å². The van der Waals surface area contributed by atoms with Gasteiger partial charge in [-0.25, -0.2) is 0 Å². The number of hydrogen-bond acceptors (Lipinski definition) is 3. The molecule has 0 amide bonds. The molecule has 2 aliphatic heterocycles. The fraction of sp³-hybridized carbons (Fsp3) is 0.508. The lowest BCUT2D eigenvalue weighted by Crippen LogP contribution is -2.61. The molecule has 69 heavy (non-hydrogen) atoms. The van der Waals surface area contributed by atoms with E-state index in [1.54, 1.807) is 11.1 Å². The third-order valence-electron chi connectivity index (χ3n) is 18.9. The highest BCUT2D eigenvalue weighted by Crippen LogP contribution is 2.56. The maximum absolute atomic E-state index is 2.76. The maximum Gasteiger partial charge on any atom is 0.254 e. The SMILES string of the molecule is Cc1cc2c(cc1N1c3ccc(C(C)(C)C)cc3B3c4c1cc(C(C)(C)C)cc4N(c1ccc4c(c1)C(C)(C)CCC4(C)C)c1sc4cc5c(cc4c13)C(C)(C)CCC5(C)C)C(C)(C)CCC2(C)C. The van der Waals surface area contributed by atoms with Crippen molar-refractivity contribution in [1.29, 1.82) is 0 Å². The number of aryl methyl sites for hydroxylation is 1. The van der Waals surface area contributed by atoms with Gasteiger partial charge in [-0.3, -0.25) is 0 Å². The van der Waals surface area contributed by atoms with Gasteiger partial charge in [0.05, 0.1) is 5.00 Å². The zero-order chi connectivity index (χ0) is 49.7. The van der Waals surface area contributed by atoms with Gasteiger partial charge in [0.25, 0.3) is 6.71 Å². The first kappa shape index (κ1) is 47.1. The molecule has 0 atom stereocenters. The van der Waals surface area contributed by atoms with Crippen LogP contribution in [-0.2, 0) is 43.3 Å². The summed E-state index contributed by atoms with van der Waals surface area (Å²) in [7, 11) is 0. The number of nitrogens with zero attached hydrogens (tertiary/aromatic N) is 2. The van der Waals surface area contributed by atoms with E-state index >= 15 is 0 Å². The molecule has 3 heterocycles. The molecule has 11 rings (SSSR count). The minimum absolute atomic E-state index is 0.0188. The number of benzene rings is 5. The summed E-state index contributed by atoms with van der Waals surface area (Å²) in [6.45, 7) is 46.7. The number of anilines is 6. The monoisotopic (exact) mass is 933 g/mol. The summed E-state index contributed by atoms with van der Waals surface area (Å²) in [6.07, 6.45) is 7.20. The Bertz CT molecular complexity index is 3170. The summed E-state index contributed by atoms with van der Waals surface area (Å²) < 4.78 is 1.42. The summed E-state index contributed by atoms with van der Waals surface area (Å²) in [5.41, 5.74) is 24.8. The number of hydrogen-bond donors (Lipinski definition) is 0. The first-order chi connectivity index (χ1) is 31.8. The molecule has 5 aromatic carbocycles. The van der Waals surface area contributed by atoms with Gasteiger partial charge in [-0.05, 0) is 209 Å². The Labute approximate surface area is 421 Å². The molecule has 2 nitrogen and oxygen atoms in total. The van der Waals surface area contributed by atoms with Gasteiger partial charge in [-0.1, -0.05) is 149 Å². The van der Waals surface area contributed by atoms with Crippen LogP contribution in [0.1, 0.15) is 213 Å². The molecule has 0 unspecified atom stereocenters. The zero-order valence-electron chi connectivity index (χ0n) is 46.1. The van der Waals surface area contributed by atoms with Crippen molar-refractivity contribution in [3.05, 3.63) is 123 Å². The van der Waals surface area contributed by atoms with Crippen molar-refractivity contribution >= 4 is 78.0 Å². The molecule has 3 aliphatic carbocycles. The fourth-order valence-electron chi connectivity index (χ4n) is 13.7. The van der Waals surface area contributed by atoms with Gasteiger partial charge < -0.3 is 9.80 Å². The van der Waals surface area contributed by atoms with Crippen LogP contribution in [0.25, 0.3) is 10.1 Å². The van der Waals surface area contributed by atoms with E-state index in [1.807, 2.05) is 0 Å². The van der Waals surface area contributed by atoms with Gasteiger partial charge in [-0.2, -0.15) is 0 Å². The largest absolute Gasteiger partial charge is 0.311 e. The average molecular weight is 933 g/mol. The second-order valence-corrected chi connectivity index (χ2v) is 29.8. The second kappa shape index (κ2) is 14.4. The normalized spacial score (nSPS) is 20.9. The fourth-order valence-corrected chi connectivity index (χ4v) is 15.0. The zero-order valence-corrected chi connectivity index (χ0v) is 46.9. The van der Waals surface area contributed by atoms with Crippen LogP contribution in [0.5, 0.6) is 0 Å². The molecular formula is C65H81BN2S. The van der Waals surface area contributed by atoms with E-state index in [0.29, 0.717) is 0 Å². The molecule has 0 bridgehead atoms. The van der Waals surface area contributed by atoms with Gasteiger partial charge in [0.2, 0.25) is 0 Å². The van der Waals surface area contributed by atoms with E-state index in [-0.39, 0.29) is 50.0 Å². The minimum Gasteiger partial charge on any atom is -0.311 e. The summed E-state index contributed by atoms with van der Waals surface area (Å²) in [4.78, 5) is 5.50. The quantitative estimate of drug-likeness (QED) is 0.159. The number of thiophene rings is 1. The van der Waals surface area contributed by atoms with E-state index in [9.17, 15) is 0 Å². The Morgan fingerprint density at radius 1 is 0.435 bits per heavy atom. The molecule has 4 heteroatoms. The number of rotatable bonds is 2. The molecule has 0 saturated heterocycles. The lowest BCUT2D eigenvalue weighted by atomic mass is 9.33. The molecule has 360 valence electrons. The highest BCUT2D eigenvalue weighted by molar-refractivity contribution is 7.26. The van der Waals surface area contributed by atoms with Gasteiger partial charge in [0.1, 0.15) is 0 Å². The first-order valence-corrected chi connectivity index (χ1v) is 27.5. The number of fused-ring (bicyclic) bond motifs is 9. The van der Waals surface area contributed by atoms with Crippen molar-refractivity contribution in [2.75, 3.05) is 9.80 Å².